The van der Waals surface area contributed by atoms with E-state index in [2.05, 4.69) is 4.98 Å². The molecule has 3 N–H and O–H groups in total. The van der Waals surface area contributed by atoms with Crippen LogP contribution in [0.2, 0.25) is 0 Å². The fourth-order valence-corrected chi connectivity index (χ4v) is 4.38. The zero-order valence-corrected chi connectivity index (χ0v) is 13.6. The minimum Gasteiger partial charge on any atom is -0.361 e. The lowest BCUT2D eigenvalue weighted by Crippen LogP contribution is -2.50. The molecule has 0 spiro atoms. The third-order valence-corrected chi connectivity index (χ3v) is 6.02. The first kappa shape index (κ1) is 18.0. The van der Waals surface area contributed by atoms with Crippen molar-refractivity contribution < 1.29 is 26.8 Å². The number of nitrogens with one attached hydrogen (secondary N) is 1. The number of alkyl halides is 3. The second-order valence-electron chi connectivity index (χ2n) is 4.85. The molecule has 0 aliphatic heterocycles. The lowest BCUT2D eigenvalue weighted by molar-refractivity contribution is -0.169. The van der Waals surface area contributed by atoms with Gasteiger partial charge < -0.3 is 19.8 Å². The predicted molar refractivity (Wildman–Crippen MR) is 81.1 cm³/mol. The van der Waals surface area contributed by atoms with E-state index < -0.39 is 19.1 Å². The van der Waals surface area contributed by atoms with Gasteiger partial charge in [-0.1, -0.05) is 18.2 Å². The normalized spacial score (nSPS) is 15.7. The molecule has 0 aliphatic rings. The molecule has 2 aromatic rings. The van der Waals surface area contributed by atoms with E-state index in [1.54, 1.807) is 18.2 Å². The number of para-hydroxylation sites is 1. The monoisotopic (exact) mass is 350 g/mol. The molecule has 0 saturated heterocycles. The first-order valence-corrected chi connectivity index (χ1v) is 8.57. The quantitative estimate of drug-likeness (QED) is 0.769. The number of nitrogens with two attached hydrogens (primary N) is 1. The molecular weight excluding hydrogens is 332 g/mol. The Balaban J connectivity index is 2.77. The number of hydrogen-bond donors (Lipinski definition) is 2. The van der Waals surface area contributed by atoms with Crippen molar-refractivity contribution in [1.29, 1.82) is 0 Å². The standard InChI is InChI=1S/C14H18F3N2O3P/c1-3-21-23(20,22-4-2)13(18,14(15,16)17)11-9-19-12-8-6-5-7-10(11)12/h5-9,19H,3-4,18H2,1-2H3. The fourth-order valence-electron chi connectivity index (χ4n) is 2.42. The molecule has 1 atom stereocenters. The lowest BCUT2D eigenvalue weighted by atomic mass is 10.1. The van der Waals surface area contributed by atoms with Gasteiger partial charge in [0.05, 0.1) is 13.2 Å². The minimum atomic E-state index is -5.04. The highest BCUT2D eigenvalue weighted by molar-refractivity contribution is 7.55. The molecule has 1 heterocycles. The Morgan fingerprint density at radius 2 is 1.74 bits per heavy atom. The van der Waals surface area contributed by atoms with Crippen LogP contribution in [0.1, 0.15) is 19.4 Å². The summed E-state index contributed by atoms with van der Waals surface area (Å²) in [7, 11) is -4.72. The Bertz CT molecular complexity index is 721. The van der Waals surface area contributed by atoms with Gasteiger partial charge in [0.25, 0.3) is 0 Å². The fraction of sp³-hybridized carbons (Fsp3) is 0.429. The Kier molecular flexibility index (Phi) is 4.92. The molecule has 9 heteroatoms. The predicted octanol–water partition coefficient (Wildman–Crippen LogP) is 4.11. The maximum atomic E-state index is 13.9. The highest BCUT2D eigenvalue weighted by Gasteiger charge is 2.67. The molecule has 1 aromatic heterocycles. The van der Waals surface area contributed by atoms with Crippen molar-refractivity contribution in [3.63, 3.8) is 0 Å². The van der Waals surface area contributed by atoms with E-state index in [1.807, 2.05) is 0 Å². The van der Waals surface area contributed by atoms with E-state index in [4.69, 9.17) is 14.8 Å². The zero-order valence-electron chi connectivity index (χ0n) is 12.7. The molecule has 0 radical (unpaired) electrons. The van der Waals surface area contributed by atoms with Gasteiger partial charge >= 0.3 is 13.8 Å². The second-order valence-corrected chi connectivity index (χ2v) is 7.06. The van der Waals surface area contributed by atoms with Crippen LogP contribution in [0.15, 0.2) is 30.5 Å². The van der Waals surface area contributed by atoms with Gasteiger partial charge in [-0.25, -0.2) is 0 Å². The number of aromatic nitrogens is 1. The number of aromatic amines is 1. The first-order chi connectivity index (χ1) is 10.7. The Morgan fingerprint density at radius 1 is 1.17 bits per heavy atom. The maximum Gasteiger partial charge on any atom is 0.422 e. The van der Waals surface area contributed by atoms with Crippen LogP contribution < -0.4 is 5.73 Å². The summed E-state index contributed by atoms with van der Waals surface area (Å²) in [4.78, 5) is 2.71. The van der Waals surface area contributed by atoms with Crippen molar-refractivity contribution in [2.45, 2.75) is 25.3 Å². The van der Waals surface area contributed by atoms with E-state index >= 15 is 0 Å². The van der Waals surface area contributed by atoms with Crippen molar-refractivity contribution in [3.8, 4) is 0 Å². The SMILES string of the molecule is CCOP(=O)(OCC)C(N)(c1c[nH]c2ccccc12)C(F)(F)F. The van der Waals surface area contributed by atoms with E-state index in [1.165, 1.54) is 19.9 Å². The Morgan fingerprint density at radius 3 is 2.26 bits per heavy atom. The van der Waals surface area contributed by atoms with Gasteiger partial charge in [-0.2, -0.15) is 13.2 Å². The van der Waals surface area contributed by atoms with Crippen molar-refractivity contribution in [2.24, 2.45) is 5.73 Å². The molecule has 1 unspecified atom stereocenters. The maximum absolute atomic E-state index is 13.9. The van der Waals surface area contributed by atoms with Crippen LogP contribution in [0.3, 0.4) is 0 Å². The summed E-state index contributed by atoms with van der Waals surface area (Å²) in [6, 6.07) is 6.31. The number of benzene rings is 1. The van der Waals surface area contributed by atoms with Crippen molar-refractivity contribution in [3.05, 3.63) is 36.0 Å². The van der Waals surface area contributed by atoms with Crippen LogP contribution in [0.5, 0.6) is 0 Å². The highest BCUT2D eigenvalue weighted by Crippen LogP contribution is 2.68. The third-order valence-electron chi connectivity index (χ3n) is 3.46. The van der Waals surface area contributed by atoms with Crippen molar-refractivity contribution >= 4 is 18.5 Å². The summed E-state index contributed by atoms with van der Waals surface area (Å²) >= 11 is 0. The highest BCUT2D eigenvalue weighted by atomic mass is 31.2. The van der Waals surface area contributed by atoms with Crippen LogP contribution in [-0.2, 0) is 18.9 Å². The summed E-state index contributed by atoms with van der Waals surface area (Å²) in [5.41, 5.74) is 5.78. The molecule has 1 aromatic carbocycles. The van der Waals surface area contributed by atoms with Gasteiger partial charge in [0, 0.05) is 22.7 Å². The van der Waals surface area contributed by atoms with Crippen LogP contribution >= 0.6 is 7.60 Å². The number of fused-ring (bicyclic) bond motifs is 1. The molecule has 0 fully saturated rings. The van der Waals surface area contributed by atoms with Crippen molar-refractivity contribution in [1.82, 2.24) is 4.98 Å². The topological polar surface area (TPSA) is 77.3 Å². The van der Waals surface area contributed by atoms with Gasteiger partial charge in [0.2, 0.25) is 5.28 Å². The van der Waals surface area contributed by atoms with Crippen LogP contribution in [0.4, 0.5) is 13.2 Å². The molecule has 0 aliphatic carbocycles. The van der Waals surface area contributed by atoms with Crippen LogP contribution in [0, 0.1) is 0 Å². The van der Waals surface area contributed by atoms with Crippen LogP contribution in [-0.4, -0.2) is 24.4 Å². The smallest absolute Gasteiger partial charge is 0.361 e. The molecule has 0 bridgehead atoms. The zero-order chi connectivity index (χ0) is 17.3. The van der Waals surface area contributed by atoms with Crippen molar-refractivity contribution in [2.75, 3.05) is 13.2 Å². The van der Waals surface area contributed by atoms with Gasteiger partial charge in [-0.05, 0) is 19.9 Å². The number of hydrogen-bond acceptors (Lipinski definition) is 4. The number of H-pyrrole nitrogens is 1. The van der Waals surface area contributed by atoms with E-state index in [0.717, 1.165) is 6.20 Å². The number of rotatable bonds is 6. The summed E-state index contributed by atoms with van der Waals surface area (Å²) < 4.78 is 64.3. The summed E-state index contributed by atoms with van der Waals surface area (Å²) in [5, 5.41) is -3.06. The van der Waals surface area contributed by atoms with Gasteiger partial charge in [0.15, 0.2) is 0 Å². The first-order valence-electron chi connectivity index (χ1n) is 7.02. The third kappa shape index (κ3) is 2.80. The lowest BCUT2D eigenvalue weighted by Gasteiger charge is -2.36. The van der Waals surface area contributed by atoms with Gasteiger partial charge in [-0.15, -0.1) is 0 Å². The summed E-state index contributed by atoms with van der Waals surface area (Å²) in [6.45, 7) is 2.40. The summed E-state index contributed by atoms with van der Waals surface area (Å²) in [6.07, 6.45) is -3.94. The largest absolute Gasteiger partial charge is 0.422 e. The van der Waals surface area contributed by atoms with Crippen LogP contribution in [0.25, 0.3) is 10.9 Å². The Labute approximate surface area is 131 Å². The van der Waals surface area contributed by atoms with Gasteiger partial charge in [0.1, 0.15) is 0 Å². The van der Waals surface area contributed by atoms with Gasteiger partial charge in [-0.3, -0.25) is 4.57 Å². The molecule has 0 saturated carbocycles. The number of halogens is 3. The molecule has 0 amide bonds. The molecule has 23 heavy (non-hydrogen) atoms. The molecule has 5 nitrogen and oxygen atoms in total. The summed E-state index contributed by atoms with van der Waals surface area (Å²) in [5.74, 6) is 0. The molecule has 128 valence electrons. The molecular formula is C14H18F3N2O3P. The van der Waals surface area contributed by atoms with E-state index in [0.29, 0.717) is 5.52 Å². The van der Waals surface area contributed by atoms with E-state index in [-0.39, 0.29) is 24.2 Å². The molecule has 2 rings (SSSR count). The van der Waals surface area contributed by atoms with E-state index in [9.17, 15) is 17.7 Å². The average molecular weight is 350 g/mol. The Hall–Kier alpha value is -1.34. The average Bonchev–Trinajstić information content (AvgIpc) is 2.89. The minimum absolute atomic E-state index is 0.215. The second kappa shape index (κ2) is 6.28.